The molecule has 0 aliphatic carbocycles. The van der Waals surface area contributed by atoms with Gasteiger partial charge in [-0.15, -0.1) is 0 Å². The lowest BCUT2D eigenvalue weighted by atomic mass is 10.1. The number of carbonyl (C=O) groups is 2. The number of carboxylic acid groups (broad SMARTS) is 1. The van der Waals surface area contributed by atoms with Gasteiger partial charge in [0, 0.05) is 6.42 Å². The summed E-state index contributed by atoms with van der Waals surface area (Å²) in [6.45, 7) is 4.36. The van der Waals surface area contributed by atoms with Crippen LogP contribution in [-0.2, 0) is 16.0 Å². The third kappa shape index (κ3) is 5.51. The molecule has 138 valence electrons. The monoisotopic (exact) mass is 357 g/mol. The first-order chi connectivity index (χ1) is 12.4. The molecule has 6 nitrogen and oxygen atoms in total. The maximum atomic E-state index is 12.0. The van der Waals surface area contributed by atoms with E-state index in [-0.39, 0.29) is 30.2 Å². The molecule has 1 amide bonds. The van der Waals surface area contributed by atoms with E-state index < -0.39 is 5.97 Å². The fourth-order valence-electron chi connectivity index (χ4n) is 2.61. The van der Waals surface area contributed by atoms with Gasteiger partial charge in [-0.1, -0.05) is 24.3 Å². The van der Waals surface area contributed by atoms with Crippen LogP contribution in [0.5, 0.6) is 11.5 Å². The van der Waals surface area contributed by atoms with Crippen LogP contribution in [0.25, 0.3) is 0 Å². The lowest BCUT2D eigenvalue weighted by Gasteiger charge is -2.12. The van der Waals surface area contributed by atoms with Gasteiger partial charge in [0.25, 0.3) is 0 Å². The summed E-state index contributed by atoms with van der Waals surface area (Å²) in [6, 6.07) is 10.3. The molecule has 0 saturated heterocycles. The van der Waals surface area contributed by atoms with Crippen LogP contribution in [-0.4, -0.2) is 28.7 Å². The van der Waals surface area contributed by atoms with Gasteiger partial charge in [0.15, 0.2) is 0 Å². The topological polar surface area (TPSA) is 95.9 Å². The average molecular weight is 357 g/mol. The summed E-state index contributed by atoms with van der Waals surface area (Å²) in [4.78, 5) is 22.8. The van der Waals surface area contributed by atoms with Gasteiger partial charge in [-0.2, -0.15) is 0 Å². The Morgan fingerprint density at radius 2 is 1.81 bits per heavy atom. The number of aryl methyl sites for hydroxylation is 2. The highest BCUT2D eigenvalue weighted by Gasteiger charge is 2.10. The molecule has 0 aliphatic heterocycles. The second kappa shape index (κ2) is 8.89. The summed E-state index contributed by atoms with van der Waals surface area (Å²) in [7, 11) is 0. The smallest absolute Gasteiger partial charge is 0.307 e. The summed E-state index contributed by atoms with van der Waals surface area (Å²) < 4.78 is 5.76. The van der Waals surface area contributed by atoms with Crippen molar-refractivity contribution in [1.29, 1.82) is 0 Å². The molecule has 3 N–H and O–H groups in total. The van der Waals surface area contributed by atoms with Crippen LogP contribution in [0.4, 0.5) is 5.69 Å². The number of benzene rings is 2. The number of anilines is 1. The van der Waals surface area contributed by atoms with Crippen molar-refractivity contribution in [2.75, 3.05) is 11.9 Å². The zero-order chi connectivity index (χ0) is 19.1. The molecule has 2 aromatic rings. The summed E-state index contributed by atoms with van der Waals surface area (Å²) in [5.74, 6) is -0.499. The molecule has 0 heterocycles. The molecule has 0 aromatic heterocycles. The van der Waals surface area contributed by atoms with Gasteiger partial charge in [0.1, 0.15) is 11.5 Å². The summed E-state index contributed by atoms with van der Waals surface area (Å²) in [5.41, 5.74) is 2.82. The quantitative estimate of drug-likeness (QED) is 0.497. The normalized spacial score (nSPS) is 10.4. The number of ether oxygens (including phenoxy) is 1. The molecule has 0 unspecified atom stereocenters. The van der Waals surface area contributed by atoms with Crippen LogP contribution in [0.2, 0.25) is 0 Å². The zero-order valence-electron chi connectivity index (χ0n) is 14.9. The number of rotatable bonds is 8. The predicted molar refractivity (Wildman–Crippen MR) is 98.7 cm³/mol. The third-order valence-electron chi connectivity index (χ3n) is 3.89. The van der Waals surface area contributed by atoms with Crippen molar-refractivity contribution in [2.45, 2.75) is 33.1 Å². The van der Waals surface area contributed by atoms with Crippen LogP contribution >= 0.6 is 0 Å². The highest BCUT2D eigenvalue weighted by Crippen LogP contribution is 2.25. The molecular weight excluding hydrogens is 334 g/mol. The van der Waals surface area contributed by atoms with Gasteiger partial charge in [-0.05, 0) is 49.1 Å². The van der Waals surface area contributed by atoms with Gasteiger partial charge in [0.05, 0.1) is 18.7 Å². The maximum absolute atomic E-state index is 12.0. The number of hydrogen-bond donors (Lipinski definition) is 3. The second-order valence-corrected chi connectivity index (χ2v) is 6.14. The number of phenolic OH excluding ortho intramolecular Hbond substituents is 1. The molecule has 0 bridgehead atoms. The molecular formula is C20H23NO5. The minimum Gasteiger partial charge on any atom is -0.506 e. The Morgan fingerprint density at radius 1 is 1.12 bits per heavy atom. The van der Waals surface area contributed by atoms with E-state index in [0.717, 1.165) is 16.9 Å². The van der Waals surface area contributed by atoms with Crippen LogP contribution in [0.1, 0.15) is 29.5 Å². The molecule has 0 saturated carbocycles. The number of carboxylic acids is 1. The van der Waals surface area contributed by atoms with Crippen LogP contribution in [0, 0.1) is 13.8 Å². The summed E-state index contributed by atoms with van der Waals surface area (Å²) in [6.07, 6.45) is 0.579. The number of aromatic hydroxyl groups is 1. The van der Waals surface area contributed by atoms with E-state index in [1.165, 1.54) is 18.2 Å². The van der Waals surface area contributed by atoms with E-state index in [1.807, 2.05) is 32.0 Å². The zero-order valence-corrected chi connectivity index (χ0v) is 14.9. The Labute approximate surface area is 152 Å². The number of nitrogens with one attached hydrogen (secondary N) is 1. The largest absolute Gasteiger partial charge is 0.506 e. The highest BCUT2D eigenvalue weighted by atomic mass is 16.5. The van der Waals surface area contributed by atoms with Crippen molar-refractivity contribution in [3.8, 4) is 11.5 Å². The van der Waals surface area contributed by atoms with Crippen molar-refractivity contribution in [3.05, 3.63) is 53.1 Å². The third-order valence-corrected chi connectivity index (χ3v) is 3.89. The van der Waals surface area contributed by atoms with Crippen molar-refractivity contribution in [2.24, 2.45) is 0 Å². The van der Waals surface area contributed by atoms with E-state index in [2.05, 4.69) is 5.32 Å². The number of hydrogen-bond acceptors (Lipinski definition) is 4. The summed E-state index contributed by atoms with van der Waals surface area (Å²) >= 11 is 0. The number of amides is 1. The Balaban J connectivity index is 1.84. The first-order valence-corrected chi connectivity index (χ1v) is 8.39. The number of aliphatic carboxylic acids is 1. The van der Waals surface area contributed by atoms with Gasteiger partial charge in [-0.3, -0.25) is 9.59 Å². The lowest BCUT2D eigenvalue weighted by molar-refractivity contribution is -0.136. The Morgan fingerprint density at radius 3 is 2.46 bits per heavy atom. The van der Waals surface area contributed by atoms with E-state index >= 15 is 0 Å². The van der Waals surface area contributed by atoms with Crippen LogP contribution in [0.15, 0.2) is 36.4 Å². The molecule has 6 heteroatoms. The Hall–Kier alpha value is -3.02. The molecule has 0 radical (unpaired) electrons. The lowest BCUT2D eigenvalue weighted by Crippen LogP contribution is -2.13. The second-order valence-electron chi connectivity index (χ2n) is 6.14. The molecule has 2 aromatic carbocycles. The number of para-hydroxylation sites is 1. The first kappa shape index (κ1) is 19.3. The van der Waals surface area contributed by atoms with Crippen LogP contribution < -0.4 is 10.1 Å². The SMILES string of the molecule is Cc1cccc(C)c1OCCCC(=O)Nc1cc(CC(=O)O)ccc1O. The van der Waals surface area contributed by atoms with Crippen molar-refractivity contribution >= 4 is 17.6 Å². The van der Waals surface area contributed by atoms with Crippen LogP contribution in [0.3, 0.4) is 0 Å². The van der Waals surface area contributed by atoms with E-state index in [9.17, 15) is 14.7 Å². The highest BCUT2D eigenvalue weighted by molar-refractivity contribution is 5.92. The minimum atomic E-state index is -0.975. The average Bonchev–Trinajstić information content (AvgIpc) is 2.56. The van der Waals surface area contributed by atoms with Crippen molar-refractivity contribution in [1.82, 2.24) is 0 Å². The van der Waals surface area contributed by atoms with Gasteiger partial charge in [-0.25, -0.2) is 0 Å². The Kier molecular flexibility index (Phi) is 6.60. The van der Waals surface area contributed by atoms with Crippen molar-refractivity contribution in [3.63, 3.8) is 0 Å². The number of phenols is 1. The first-order valence-electron chi connectivity index (χ1n) is 8.39. The molecule has 0 spiro atoms. The molecule has 2 rings (SSSR count). The molecule has 26 heavy (non-hydrogen) atoms. The fraction of sp³-hybridized carbons (Fsp3) is 0.300. The molecule has 0 aliphatic rings. The summed E-state index contributed by atoms with van der Waals surface area (Å²) in [5, 5.41) is 21.2. The standard InChI is InChI=1S/C20H23NO5/c1-13-5-3-6-14(2)20(13)26-10-4-7-18(23)21-16-11-15(12-19(24)25)8-9-17(16)22/h3,5-6,8-9,11,22H,4,7,10,12H2,1-2H3,(H,21,23)(H,24,25). The maximum Gasteiger partial charge on any atom is 0.307 e. The van der Waals surface area contributed by atoms with Gasteiger partial charge in [0.2, 0.25) is 5.91 Å². The minimum absolute atomic E-state index is 0.0979. The molecule has 0 fully saturated rings. The molecule has 0 atom stereocenters. The predicted octanol–water partition coefficient (Wildman–Crippen LogP) is 3.43. The van der Waals surface area contributed by atoms with E-state index in [0.29, 0.717) is 18.6 Å². The fourth-order valence-corrected chi connectivity index (χ4v) is 2.61. The van der Waals surface area contributed by atoms with Gasteiger partial charge < -0.3 is 20.3 Å². The number of carbonyl (C=O) groups excluding carboxylic acids is 1. The van der Waals surface area contributed by atoms with Gasteiger partial charge >= 0.3 is 5.97 Å². The Bertz CT molecular complexity index is 781. The van der Waals surface area contributed by atoms with Crippen molar-refractivity contribution < 1.29 is 24.5 Å². The van der Waals surface area contributed by atoms with E-state index in [1.54, 1.807) is 0 Å². The van der Waals surface area contributed by atoms with E-state index in [4.69, 9.17) is 9.84 Å².